The van der Waals surface area contributed by atoms with Gasteiger partial charge in [0.2, 0.25) is 0 Å². The minimum atomic E-state index is -0.224. The average Bonchev–Trinajstić information content (AvgIpc) is 2.68. The van der Waals surface area contributed by atoms with E-state index in [0.717, 1.165) is 4.47 Å². The van der Waals surface area contributed by atoms with Crippen molar-refractivity contribution < 1.29 is 4.79 Å². The molecule has 0 saturated carbocycles. The monoisotopic (exact) mass is 316 g/mol. The van der Waals surface area contributed by atoms with Crippen LogP contribution in [0.5, 0.6) is 0 Å². The Hall–Kier alpha value is -0.910. The number of aromatic nitrogens is 1. The van der Waals surface area contributed by atoms with E-state index in [9.17, 15) is 4.79 Å². The smallest absolute Gasteiger partial charge is 0.257 e. The lowest BCUT2D eigenvalue weighted by Gasteiger charge is -2.03. The number of thiazole rings is 1. The topological polar surface area (TPSA) is 42.0 Å². The van der Waals surface area contributed by atoms with Gasteiger partial charge in [-0.1, -0.05) is 27.5 Å². The molecule has 1 aromatic carbocycles. The van der Waals surface area contributed by atoms with E-state index in [1.165, 1.54) is 11.3 Å². The fourth-order valence-electron chi connectivity index (χ4n) is 1.14. The van der Waals surface area contributed by atoms with Gasteiger partial charge in [-0.2, -0.15) is 0 Å². The van der Waals surface area contributed by atoms with Crippen LogP contribution in [0.15, 0.2) is 34.2 Å². The van der Waals surface area contributed by atoms with Crippen molar-refractivity contribution in [3.63, 3.8) is 0 Å². The van der Waals surface area contributed by atoms with E-state index in [0.29, 0.717) is 15.7 Å². The Labute approximate surface area is 110 Å². The van der Waals surface area contributed by atoms with Gasteiger partial charge in [-0.3, -0.25) is 10.1 Å². The number of hydrogen-bond donors (Lipinski definition) is 1. The minimum absolute atomic E-state index is 0.224. The van der Waals surface area contributed by atoms with Gasteiger partial charge >= 0.3 is 0 Å². The minimum Gasteiger partial charge on any atom is -0.298 e. The van der Waals surface area contributed by atoms with E-state index >= 15 is 0 Å². The maximum atomic E-state index is 11.8. The fourth-order valence-corrected chi connectivity index (χ4v) is 2.52. The van der Waals surface area contributed by atoms with Crippen LogP contribution in [0.2, 0.25) is 5.02 Å². The molecule has 1 N–H and O–H groups in total. The molecule has 0 radical (unpaired) electrons. The van der Waals surface area contributed by atoms with Crippen molar-refractivity contribution in [2.75, 3.05) is 5.32 Å². The molecule has 16 heavy (non-hydrogen) atoms. The van der Waals surface area contributed by atoms with Crippen molar-refractivity contribution in [2.24, 2.45) is 0 Å². The zero-order valence-corrected chi connectivity index (χ0v) is 11.1. The highest BCUT2D eigenvalue weighted by molar-refractivity contribution is 9.10. The van der Waals surface area contributed by atoms with Crippen LogP contribution in [0, 0.1) is 0 Å². The third-order valence-electron chi connectivity index (χ3n) is 1.78. The predicted octanol–water partition coefficient (Wildman–Crippen LogP) is 3.81. The van der Waals surface area contributed by atoms with Crippen molar-refractivity contribution >= 4 is 49.9 Å². The van der Waals surface area contributed by atoms with Crippen molar-refractivity contribution in [1.29, 1.82) is 0 Å². The molecule has 3 nitrogen and oxygen atoms in total. The van der Waals surface area contributed by atoms with Gasteiger partial charge in [0.25, 0.3) is 5.91 Å². The Bertz CT molecular complexity index is 495. The number of benzene rings is 1. The molecule has 1 heterocycles. The number of halogens is 2. The van der Waals surface area contributed by atoms with Gasteiger partial charge in [0.1, 0.15) is 0 Å². The summed E-state index contributed by atoms with van der Waals surface area (Å²) < 4.78 is 0.768. The summed E-state index contributed by atoms with van der Waals surface area (Å²) in [6.07, 6.45) is 1.63. The van der Waals surface area contributed by atoms with Gasteiger partial charge in [-0.25, -0.2) is 4.98 Å². The molecular formula is C10H6BrClN2OS. The second kappa shape index (κ2) is 4.95. The number of rotatable bonds is 2. The fraction of sp³-hybridized carbons (Fsp3) is 0. The summed E-state index contributed by atoms with van der Waals surface area (Å²) in [6.45, 7) is 0. The first kappa shape index (κ1) is 11.6. The Morgan fingerprint density at radius 3 is 2.88 bits per heavy atom. The number of carbonyl (C=O) groups excluding carboxylic acids is 1. The maximum absolute atomic E-state index is 11.8. The summed E-state index contributed by atoms with van der Waals surface area (Å²) in [7, 11) is 0. The first-order valence-corrected chi connectivity index (χ1v) is 6.37. The zero-order valence-electron chi connectivity index (χ0n) is 7.91. The Morgan fingerprint density at radius 1 is 1.44 bits per heavy atom. The number of nitrogens with one attached hydrogen (secondary N) is 1. The van der Waals surface area contributed by atoms with Crippen molar-refractivity contribution in [3.8, 4) is 0 Å². The Balaban J connectivity index is 2.21. The number of carbonyl (C=O) groups is 1. The normalized spacial score (nSPS) is 10.1. The lowest BCUT2D eigenvalue weighted by Crippen LogP contribution is -2.11. The first-order valence-electron chi connectivity index (χ1n) is 4.32. The third-order valence-corrected chi connectivity index (χ3v) is 3.14. The summed E-state index contributed by atoms with van der Waals surface area (Å²) in [6, 6.07) is 5.03. The number of anilines is 1. The highest BCUT2D eigenvalue weighted by Crippen LogP contribution is 2.20. The molecule has 1 amide bonds. The molecule has 0 bridgehead atoms. The van der Waals surface area contributed by atoms with Crippen LogP contribution < -0.4 is 5.32 Å². The van der Waals surface area contributed by atoms with Crippen LogP contribution in [-0.2, 0) is 0 Å². The van der Waals surface area contributed by atoms with Gasteiger partial charge in [0, 0.05) is 26.6 Å². The summed E-state index contributed by atoms with van der Waals surface area (Å²) in [5.41, 5.74) is 0.495. The van der Waals surface area contributed by atoms with Gasteiger partial charge < -0.3 is 0 Å². The standard InChI is InChI=1S/C10H6BrClN2OS/c11-7-3-6(4-8(12)5-7)9(15)14-10-13-1-2-16-10/h1-5H,(H,13,14,15). The van der Waals surface area contributed by atoms with Crippen LogP contribution >= 0.6 is 38.9 Å². The highest BCUT2D eigenvalue weighted by Gasteiger charge is 2.08. The molecule has 2 rings (SSSR count). The predicted molar refractivity (Wildman–Crippen MR) is 69.2 cm³/mol. The molecular weight excluding hydrogens is 312 g/mol. The summed E-state index contributed by atoms with van der Waals surface area (Å²) >= 11 is 10.5. The molecule has 0 saturated heterocycles. The van der Waals surface area contributed by atoms with Crippen LogP contribution in [0.4, 0.5) is 5.13 Å². The molecule has 0 aliphatic carbocycles. The van der Waals surface area contributed by atoms with Crippen LogP contribution in [0.3, 0.4) is 0 Å². The first-order chi connectivity index (χ1) is 7.65. The van der Waals surface area contributed by atoms with Crippen LogP contribution in [-0.4, -0.2) is 10.9 Å². The summed E-state index contributed by atoms with van der Waals surface area (Å²) in [4.78, 5) is 15.8. The number of hydrogen-bond acceptors (Lipinski definition) is 3. The largest absolute Gasteiger partial charge is 0.298 e. The van der Waals surface area contributed by atoms with Crippen molar-refractivity contribution in [2.45, 2.75) is 0 Å². The highest BCUT2D eigenvalue weighted by atomic mass is 79.9. The third kappa shape index (κ3) is 2.81. The zero-order chi connectivity index (χ0) is 11.5. The SMILES string of the molecule is O=C(Nc1nccs1)c1cc(Cl)cc(Br)c1. The quantitative estimate of drug-likeness (QED) is 0.915. The Morgan fingerprint density at radius 2 is 2.25 bits per heavy atom. The van der Waals surface area contributed by atoms with Gasteiger partial charge in [0.05, 0.1) is 0 Å². The molecule has 0 atom stereocenters. The van der Waals surface area contributed by atoms with Gasteiger partial charge in [-0.05, 0) is 18.2 Å². The van der Waals surface area contributed by atoms with Gasteiger partial charge in [0.15, 0.2) is 5.13 Å². The van der Waals surface area contributed by atoms with Crippen LogP contribution in [0.25, 0.3) is 0 Å². The second-order valence-corrected chi connectivity index (χ2v) is 5.20. The average molecular weight is 318 g/mol. The molecule has 2 aromatic rings. The number of nitrogens with zero attached hydrogens (tertiary/aromatic N) is 1. The summed E-state index contributed by atoms with van der Waals surface area (Å²) in [5, 5.41) is 5.56. The number of amides is 1. The molecule has 0 unspecified atom stereocenters. The van der Waals surface area contributed by atoms with E-state index in [1.807, 2.05) is 0 Å². The van der Waals surface area contributed by atoms with E-state index in [1.54, 1.807) is 29.8 Å². The Kier molecular flexibility index (Phi) is 3.58. The lowest BCUT2D eigenvalue weighted by molar-refractivity contribution is 0.102. The molecule has 82 valence electrons. The molecule has 0 aliphatic heterocycles. The molecule has 1 aromatic heterocycles. The molecule has 0 fully saturated rings. The lowest BCUT2D eigenvalue weighted by atomic mass is 10.2. The molecule has 6 heteroatoms. The van der Waals surface area contributed by atoms with Crippen molar-refractivity contribution in [3.05, 3.63) is 44.8 Å². The second-order valence-electron chi connectivity index (χ2n) is 2.95. The molecule has 0 aliphatic rings. The van der Waals surface area contributed by atoms with E-state index in [4.69, 9.17) is 11.6 Å². The molecule has 0 spiro atoms. The van der Waals surface area contributed by atoms with E-state index < -0.39 is 0 Å². The maximum Gasteiger partial charge on any atom is 0.257 e. The van der Waals surface area contributed by atoms with Gasteiger partial charge in [-0.15, -0.1) is 11.3 Å². The van der Waals surface area contributed by atoms with Crippen LogP contribution in [0.1, 0.15) is 10.4 Å². The van der Waals surface area contributed by atoms with Crippen molar-refractivity contribution in [1.82, 2.24) is 4.98 Å². The van der Waals surface area contributed by atoms with E-state index in [2.05, 4.69) is 26.2 Å². The van der Waals surface area contributed by atoms with E-state index in [-0.39, 0.29) is 5.91 Å². The summed E-state index contributed by atoms with van der Waals surface area (Å²) in [5.74, 6) is -0.224.